The molecule has 0 fully saturated rings. The first kappa shape index (κ1) is 18.2. The Morgan fingerprint density at radius 3 is 1.63 bits per heavy atom. The van der Waals surface area contributed by atoms with E-state index in [1.54, 1.807) is 0 Å². The molecular formula is C7H6F10O2. The van der Waals surface area contributed by atoms with Gasteiger partial charge in [0.05, 0.1) is 0 Å². The zero-order chi connectivity index (χ0) is 15.5. The summed E-state index contributed by atoms with van der Waals surface area (Å²) in [6.07, 6.45) is -25.4. The van der Waals surface area contributed by atoms with Crippen molar-refractivity contribution in [1.82, 2.24) is 0 Å². The molecule has 2 unspecified atom stereocenters. The second kappa shape index (κ2) is 6.11. The van der Waals surface area contributed by atoms with Gasteiger partial charge in [-0.15, -0.1) is 0 Å². The van der Waals surface area contributed by atoms with Crippen LogP contribution in [0.15, 0.2) is 0 Å². The van der Waals surface area contributed by atoms with Crippen LogP contribution in [-0.4, -0.2) is 44.2 Å². The lowest BCUT2D eigenvalue weighted by Gasteiger charge is -2.30. The van der Waals surface area contributed by atoms with E-state index >= 15 is 0 Å². The molecule has 116 valence electrons. The van der Waals surface area contributed by atoms with Crippen molar-refractivity contribution in [2.45, 2.75) is 30.9 Å². The Morgan fingerprint density at radius 2 is 1.26 bits per heavy atom. The molecule has 0 aromatic rings. The molecule has 19 heavy (non-hydrogen) atoms. The van der Waals surface area contributed by atoms with E-state index in [-0.39, 0.29) is 0 Å². The fourth-order valence-corrected chi connectivity index (χ4v) is 0.645. The van der Waals surface area contributed by atoms with E-state index in [0.29, 0.717) is 0 Å². The fraction of sp³-hybridized carbons (Fsp3) is 1.00. The third-order valence-electron chi connectivity index (χ3n) is 1.50. The van der Waals surface area contributed by atoms with Crippen LogP contribution in [0.3, 0.4) is 0 Å². The van der Waals surface area contributed by atoms with E-state index in [4.69, 9.17) is 0 Å². The standard InChI is InChI=1S/C7H6F10O2/c8-1-3(10)5(12,13)19-7(16,17)6(14,15)18-4(11)2-9/h3-4H,1-2H2. The predicted octanol–water partition coefficient (Wildman–Crippen LogP) is 3.37. The Labute approximate surface area is 98.8 Å². The Bertz CT molecular complexity index is 283. The minimum Gasteiger partial charge on any atom is -0.276 e. The molecule has 0 bridgehead atoms. The third-order valence-corrected chi connectivity index (χ3v) is 1.50. The van der Waals surface area contributed by atoms with Crippen LogP contribution >= 0.6 is 0 Å². The van der Waals surface area contributed by atoms with Gasteiger partial charge < -0.3 is 0 Å². The molecule has 0 aliphatic carbocycles. The number of ether oxygens (including phenoxy) is 2. The van der Waals surface area contributed by atoms with Crippen LogP contribution in [0, 0.1) is 0 Å². The first-order valence-corrected chi connectivity index (χ1v) is 4.31. The Kier molecular flexibility index (Phi) is 5.86. The minimum absolute atomic E-state index is 2.14. The molecule has 0 amide bonds. The van der Waals surface area contributed by atoms with Gasteiger partial charge in [0.15, 0.2) is 0 Å². The molecule has 0 radical (unpaired) electrons. The van der Waals surface area contributed by atoms with Crippen LogP contribution < -0.4 is 0 Å². The van der Waals surface area contributed by atoms with Crippen molar-refractivity contribution < 1.29 is 53.4 Å². The normalized spacial score (nSPS) is 17.4. The summed E-state index contributed by atoms with van der Waals surface area (Å²) in [5.41, 5.74) is 0. The van der Waals surface area contributed by atoms with E-state index in [1.165, 1.54) is 0 Å². The molecule has 0 saturated heterocycles. The van der Waals surface area contributed by atoms with Gasteiger partial charge in [-0.25, -0.2) is 22.3 Å². The van der Waals surface area contributed by atoms with E-state index in [0.717, 1.165) is 0 Å². The van der Waals surface area contributed by atoms with Crippen LogP contribution in [0.2, 0.25) is 0 Å². The quantitative estimate of drug-likeness (QED) is 0.640. The van der Waals surface area contributed by atoms with Gasteiger partial charge in [-0.05, 0) is 0 Å². The van der Waals surface area contributed by atoms with Gasteiger partial charge in [-0.1, -0.05) is 0 Å². The van der Waals surface area contributed by atoms with Gasteiger partial charge in [0, 0.05) is 0 Å². The lowest BCUT2D eigenvalue weighted by Crippen LogP contribution is -2.52. The average molecular weight is 312 g/mol. The minimum atomic E-state index is -6.23. The molecule has 0 saturated carbocycles. The lowest BCUT2D eigenvalue weighted by atomic mass is 10.4. The maximum Gasteiger partial charge on any atom is 0.453 e. The summed E-state index contributed by atoms with van der Waals surface area (Å²) >= 11 is 0. The van der Waals surface area contributed by atoms with Gasteiger partial charge in [-0.2, -0.15) is 26.3 Å². The van der Waals surface area contributed by atoms with E-state index in [2.05, 4.69) is 9.47 Å². The molecule has 0 N–H and O–H groups in total. The zero-order valence-electron chi connectivity index (χ0n) is 8.67. The highest BCUT2D eigenvalue weighted by Gasteiger charge is 2.66. The van der Waals surface area contributed by atoms with Crippen molar-refractivity contribution in [1.29, 1.82) is 0 Å². The summed E-state index contributed by atoms with van der Waals surface area (Å²) in [4.78, 5) is 0. The molecule has 0 spiro atoms. The SMILES string of the molecule is FCC(F)OC(F)(F)C(F)(F)OC(F)(F)C(F)CF. The Balaban J connectivity index is 4.95. The molecule has 0 rings (SSSR count). The monoisotopic (exact) mass is 312 g/mol. The number of rotatable bonds is 8. The second-order valence-electron chi connectivity index (χ2n) is 3.00. The van der Waals surface area contributed by atoms with Crippen LogP contribution in [-0.2, 0) is 9.47 Å². The maximum atomic E-state index is 12.5. The molecule has 0 aliphatic rings. The number of alkyl halides is 10. The van der Waals surface area contributed by atoms with E-state index < -0.39 is 44.2 Å². The number of halogens is 10. The smallest absolute Gasteiger partial charge is 0.276 e. The lowest BCUT2D eigenvalue weighted by molar-refractivity contribution is -0.496. The molecule has 2 nitrogen and oxygen atoms in total. The first-order chi connectivity index (χ1) is 8.39. The van der Waals surface area contributed by atoms with Crippen molar-refractivity contribution in [3.05, 3.63) is 0 Å². The van der Waals surface area contributed by atoms with Crippen molar-refractivity contribution in [2.24, 2.45) is 0 Å². The highest BCUT2D eigenvalue weighted by molar-refractivity contribution is 4.74. The van der Waals surface area contributed by atoms with Crippen molar-refractivity contribution in [3.8, 4) is 0 Å². The van der Waals surface area contributed by atoms with Crippen LogP contribution in [0.5, 0.6) is 0 Å². The molecule has 0 heterocycles. The highest BCUT2D eigenvalue weighted by atomic mass is 19.3. The number of hydrogen-bond donors (Lipinski definition) is 0. The summed E-state index contributed by atoms with van der Waals surface area (Å²) in [7, 11) is 0. The average Bonchev–Trinajstić information content (AvgIpc) is 2.25. The topological polar surface area (TPSA) is 18.5 Å². The summed E-state index contributed by atoms with van der Waals surface area (Å²) in [5.74, 6) is 0. The van der Waals surface area contributed by atoms with Gasteiger partial charge in [0.25, 0.3) is 0 Å². The highest BCUT2D eigenvalue weighted by Crippen LogP contribution is 2.42. The van der Waals surface area contributed by atoms with Crippen molar-refractivity contribution in [2.75, 3.05) is 13.3 Å². The summed E-state index contributed by atoms with van der Waals surface area (Å²) in [6.45, 7) is -4.79. The summed E-state index contributed by atoms with van der Waals surface area (Å²) in [5, 5.41) is 0. The van der Waals surface area contributed by atoms with Crippen molar-refractivity contribution in [3.63, 3.8) is 0 Å². The maximum absolute atomic E-state index is 12.5. The molecule has 2 atom stereocenters. The zero-order valence-corrected chi connectivity index (χ0v) is 8.67. The van der Waals surface area contributed by atoms with E-state index in [1.807, 2.05) is 0 Å². The number of hydrogen-bond acceptors (Lipinski definition) is 2. The van der Waals surface area contributed by atoms with E-state index in [9.17, 15) is 43.9 Å². The molecular weight excluding hydrogens is 306 g/mol. The van der Waals surface area contributed by atoms with Gasteiger partial charge in [-0.3, -0.25) is 4.74 Å². The molecule has 12 heteroatoms. The van der Waals surface area contributed by atoms with Gasteiger partial charge >= 0.3 is 18.3 Å². The molecule has 0 aromatic carbocycles. The Hall–Kier alpha value is -0.780. The van der Waals surface area contributed by atoms with Gasteiger partial charge in [0.2, 0.25) is 12.5 Å². The predicted molar refractivity (Wildman–Crippen MR) is 38.8 cm³/mol. The first-order valence-electron chi connectivity index (χ1n) is 4.31. The van der Waals surface area contributed by atoms with Crippen LogP contribution in [0.25, 0.3) is 0 Å². The third kappa shape index (κ3) is 4.67. The largest absolute Gasteiger partial charge is 0.453 e. The summed E-state index contributed by atoms with van der Waals surface area (Å²) in [6, 6.07) is 0. The van der Waals surface area contributed by atoms with Crippen molar-refractivity contribution >= 4 is 0 Å². The van der Waals surface area contributed by atoms with Gasteiger partial charge in [0.1, 0.15) is 13.3 Å². The Morgan fingerprint density at radius 1 is 0.789 bits per heavy atom. The second-order valence-corrected chi connectivity index (χ2v) is 3.00. The fourth-order valence-electron chi connectivity index (χ4n) is 0.645. The summed E-state index contributed by atoms with van der Waals surface area (Å²) < 4.78 is 127. The molecule has 0 aliphatic heterocycles. The molecule has 0 aromatic heterocycles. The van der Waals surface area contributed by atoms with Crippen LogP contribution in [0.4, 0.5) is 43.9 Å². The van der Waals surface area contributed by atoms with Crippen LogP contribution in [0.1, 0.15) is 0 Å².